The van der Waals surface area contributed by atoms with Crippen LogP contribution in [0.4, 0.5) is 34.1 Å². The molecular weight excluding hydrogens is 501 g/mol. The largest absolute Gasteiger partial charge is 0.308 e. The van der Waals surface area contributed by atoms with Crippen LogP contribution >= 0.6 is 23.5 Å². The molecule has 2 nitrogen and oxygen atoms in total. The third-order valence-corrected chi connectivity index (χ3v) is 9.45. The van der Waals surface area contributed by atoms with Crippen molar-refractivity contribution in [1.29, 1.82) is 0 Å². The number of para-hydroxylation sites is 4. The Hall–Kier alpha value is -4.12. The van der Waals surface area contributed by atoms with E-state index in [2.05, 4.69) is 143 Å². The lowest BCUT2D eigenvalue weighted by Crippen LogP contribution is -2.15. The van der Waals surface area contributed by atoms with Crippen LogP contribution in [0.15, 0.2) is 153 Å². The van der Waals surface area contributed by atoms with Crippen molar-refractivity contribution in [3.8, 4) is 0 Å². The maximum atomic E-state index is 2.39. The zero-order valence-electron chi connectivity index (χ0n) is 20.4. The van der Waals surface area contributed by atoms with Crippen LogP contribution in [-0.2, 0) is 0 Å². The van der Waals surface area contributed by atoms with Gasteiger partial charge >= 0.3 is 0 Å². The van der Waals surface area contributed by atoms with Gasteiger partial charge in [0.05, 0.1) is 22.7 Å². The molecule has 2 aliphatic rings. The molecule has 0 radical (unpaired) electrons. The first-order chi connectivity index (χ1) is 18.8. The number of anilines is 6. The molecule has 6 aromatic rings. The normalized spacial score (nSPS) is 13.5. The van der Waals surface area contributed by atoms with E-state index in [9.17, 15) is 0 Å². The lowest BCUT2D eigenvalue weighted by atomic mass is 10.1. The molecule has 0 unspecified atom stereocenters. The molecule has 0 N–H and O–H groups in total. The lowest BCUT2D eigenvalue weighted by molar-refractivity contribution is 1.16. The van der Waals surface area contributed by atoms with E-state index in [1.807, 2.05) is 23.5 Å². The molecule has 2 heterocycles. The van der Waals surface area contributed by atoms with E-state index in [1.165, 1.54) is 64.5 Å². The smallest absolute Gasteiger partial charge is 0.0601 e. The van der Waals surface area contributed by atoms with Crippen molar-refractivity contribution in [2.24, 2.45) is 0 Å². The lowest BCUT2D eigenvalue weighted by Gasteiger charge is -2.33. The predicted octanol–water partition coefficient (Wildman–Crippen LogP) is 10.7. The highest BCUT2D eigenvalue weighted by atomic mass is 32.2. The van der Waals surface area contributed by atoms with Crippen LogP contribution in [0.2, 0.25) is 0 Å². The highest BCUT2D eigenvalue weighted by Crippen LogP contribution is 2.53. The minimum atomic E-state index is 1.18. The summed E-state index contributed by atoms with van der Waals surface area (Å²) < 4.78 is 0. The Kier molecular flexibility index (Phi) is 5.03. The molecule has 0 bridgehead atoms. The van der Waals surface area contributed by atoms with Gasteiger partial charge < -0.3 is 9.80 Å². The highest BCUT2D eigenvalue weighted by molar-refractivity contribution is 8.00. The highest BCUT2D eigenvalue weighted by Gasteiger charge is 2.26. The molecular formula is C34H22N2S2. The van der Waals surface area contributed by atoms with Gasteiger partial charge in [-0.2, -0.15) is 0 Å². The minimum Gasteiger partial charge on any atom is -0.308 e. The molecule has 8 rings (SSSR count). The average Bonchev–Trinajstić information content (AvgIpc) is 2.98. The quantitative estimate of drug-likeness (QED) is 0.223. The molecule has 6 aromatic carbocycles. The van der Waals surface area contributed by atoms with Crippen LogP contribution in [-0.4, -0.2) is 0 Å². The SMILES string of the molecule is c1ccc2c(c1)Sc1ccccc1N2c1ccc2cc(N3c4ccccc4Sc4ccccc43)ccc2c1. The maximum Gasteiger partial charge on any atom is 0.0601 e. The number of hydrogen-bond acceptors (Lipinski definition) is 4. The van der Waals surface area contributed by atoms with E-state index in [4.69, 9.17) is 0 Å². The van der Waals surface area contributed by atoms with Crippen molar-refractivity contribution >= 4 is 68.4 Å². The Morgan fingerprint density at radius 1 is 0.342 bits per heavy atom. The molecule has 0 amide bonds. The van der Waals surface area contributed by atoms with Crippen LogP contribution in [0.1, 0.15) is 0 Å². The summed E-state index contributed by atoms with van der Waals surface area (Å²) in [5.41, 5.74) is 7.26. The molecule has 180 valence electrons. The summed E-state index contributed by atoms with van der Waals surface area (Å²) in [5.74, 6) is 0. The van der Waals surface area contributed by atoms with Gasteiger partial charge in [-0.15, -0.1) is 0 Å². The second-order valence-electron chi connectivity index (χ2n) is 9.46. The average molecular weight is 523 g/mol. The first-order valence-electron chi connectivity index (χ1n) is 12.7. The monoisotopic (exact) mass is 522 g/mol. The van der Waals surface area contributed by atoms with Crippen LogP contribution in [0.5, 0.6) is 0 Å². The second-order valence-corrected chi connectivity index (χ2v) is 11.6. The molecule has 0 saturated heterocycles. The van der Waals surface area contributed by atoms with E-state index >= 15 is 0 Å². The fraction of sp³-hybridized carbons (Fsp3) is 0. The van der Waals surface area contributed by atoms with E-state index in [0.29, 0.717) is 0 Å². The molecule has 38 heavy (non-hydrogen) atoms. The topological polar surface area (TPSA) is 6.48 Å². The summed E-state index contributed by atoms with van der Waals surface area (Å²) in [4.78, 5) is 9.90. The molecule has 0 atom stereocenters. The summed E-state index contributed by atoms with van der Waals surface area (Å²) in [6.07, 6.45) is 0. The van der Waals surface area contributed by atoms with E-state index in [1.54, 1.807) is 0 Å². The zero-order valence-corrected chi connectivity index (χ0v) is 22.0. The molecule has 0 aromatic heterocycles. The van der Waals surface area contributed by atoms with Gasteiger partial charge in [-0.05, 0) is 83.6 Å². The van der Waals surface area contributed by atoms with E-state index in [-0.39, 0.29) is 0 Å². The van der Waals surface area contributed by atoms with Crippen LogP contribution in [0.3, 0.4) is 0 Å². The summed E-state index contributed by atoms with van der Waals surface area (Å²) in [5, 5.41) is 2.46. The van der Waals surface area contributed by atoms with Gasteiger partial charge in [0, 0.05) is 31.0 Å². The number of hydrogen-bond donors (Lipinski definition) is 0. The first kappa shape index (κ1) is 21.9. The van der Waals surface area contributed by atoms with Crippen molar-refractivity contribution in [1.82, 2.24) is 0 Å². The molecule has 2 aliphatic heterocycles. The van der Waals surface area contributed by atoms with Crippen molar-refractivity contribution in [2.75, 3.05) is 9.80 Å². The maximum absolute atomic E-state index is 2.39. The molecule has 0 fully saturated rings. The molecule has 0 saturated carbocycles. The predicted molar refractivity (Wildman–Crippen MR) is 162 cm³/mol. The number of rotatable bonds is 2. The van der Waals surface area contributed by atoms with Gasteiger partial charge in [0.25, 0.3) is 0 Å². The molecule has 0 aliphatic carbocycles. The van der Waals surface area contributed by atoms with Crippen molar-refractivity contribution in [3.63, 3.8) is 0 Å². The minimum absolute atomic E-state index is 1.18. The van der Waals surface area contributed by atoms with Gasteiger partial charge in [-0.1, -0.05) is 84.2 Å². The van der Waals surface area contributed by atoms with Gasteiger partial charge in [0.2, 0.25) is 0 Å². The Morgan fingerprint density at radius 2 is 0.658 bits per heavy atom. The van der Waals surface area contributed by atoms with Crippen molar-refractivity contribution in [2.45, 2.75) is 19.6 Å². The van der Waals surface area contributed by atoms with Crippen molar-refractivity contribution < 1.29 is 0 Å². The number of nitrogens with zero attached hydrogens (tertiary/aromatic N) is 2. The van der Waals surface area contributed by atoms with Crippen LogP contribution in [0.25, 0.3) is 10.8 Å². The summed E-state index contributed by atoms with van der Waals surface area (Å²) in [6.45, 7) is 0. The summed E-state index contributed by atoms with van der Waals surface area (Å²) >= 11 is 3.68. The van der Waals surface area contributed by atoms with E-state index in [0.717, 1.165) is 0 Å². The third kappa shape index (κ3) is 3.45. The Morgan fingerprint density at radius 3 is 1.00 bits per heavy atom. The van der Waals surface area contributed by atoms with Gasteiger partial charge in [0.15, 0.2) is 0 Å². The number of fused-ring (bicyclic) bond motifs is 5. The zero-order chi connectivity index (χ0) is 25.1. The fourth-order valence-corrected chi connectivity index (χ4v) is 7.58. The fourth-order valence-electron chi connectivity index (χ4n) is 5.46. The number of benzene rings is 6. The molecule has 4 heteroatoms. The van der Waals surface area contributed by atoms with Crippen LogP contribution < -0.4 is 9.80 Å². The van der Waals surface area contributed by atoms with Gasteiger partial charge in [0.1, 0.15) is 0 Å². The summed E-state index contributed by atoms with van der Waals surface area (Å²) in [6, 6.07) is 48.4. The standard InChI is InChI=1S/C34H22N2S2/c1-5-13-31-27(9-1)35(28-10-2-6-14-32(28)37-31)25-19-17-24-22-26(20-18-23(24)21-25)36-29-11-3-7-15-33(29)38-34-16-8-4-12-30(34)36/h1-22H. The Bertz CT molecular complexity index is 1630. The third-order valence-electron chi connectivity index (χ3n) is 7.19. The summed E-state index contributed by atoms with van der Waals surface area (Å²) in [7, 11) is 0. The Balaban J connectivity index is 1.25. The van der Waals surface area contributed by atoms with Gasteiger partial charge in [-0.25, -0.2) is 0 Å². The molecule has 0 spiro atoms. The van der Waals surface area contributed by atoms with Gasteiger partial charge in [-0.3, -0.25) is 0 Å². The second kappa shape index (κ2) is 8.73. The van der Waals surface area contributed by atoms with Crippen LogP contribution in [0, 0.1) is 0 Å². The Labute approximate surface area is 230 Å². The van der Waals surface area contributed by atoms with Crippen molar-refractivity contribution in [3.05, 3.63) is 133 Å². The van der Waals surface area contributed by atoms with E-state index < -0.39 is 0 Å². The first-order valence-corrected chi connectivity index (χ1v) is 14.3.